The molecule has 11 heteroatoms. The van der Waals surface area contributed by atoms with Crippen LogP contribution in [-0.4, -0.2) is 90.1 Å². The van der Waals surface area contributed by atoms with Crippen LogP contribution in [0.3, 0.4) is 0 Å². The summed E-state index contributed by atoms with van der Waals surface area (Å²) in [4.78, 5) is 36.0. The number of hydrogen-bond acceptors (Lipinski definition) is 10. The average Bonchev–Trinajstić information content (AvgIpc) is 3.45. The maximum absolute atomic E-state index is 12.5. The fourth-order valence-electron chi connectivity index (χ4n) is 6.73. The van der Waals surface area contributed by atoms with Crippen molar-refractivity contribution in [3.05, 3.63) is 54.2 Å². The standard InChI is InChI=1S/C32H40N8O3/c1-21-19-42-30(41)39(21)26-7-6-8-27(35-26)40-25-17-31(2,3)43-20-32(25,4)24-18-33-29(36-28(24)40)34-22-9-11-23(12-10-22)38-15-13-37(5)14-16-38/h6-12,18,21,25H,13-17,19-20H2,1-5H3,(H,33,34,36)/t21-,25+,32+/m1/s1. The largest absolute Gasteiger partial charge is 0.447 e. The highest BCUT2D eigenvalue weighted by Gasteiger charge is 2.55. The third-order valence-corrected chi connectivity index (χ3v) is 9.40. The molecule has 2 aromatic heterocycles. The van der Waals surface area contributed by atoms with E-state index in [-0.39, 0.29) is 29.2 Å². The molecule has 4 aliphatic heterocycles. The first-order chi connectivity index (χ1) is 20.6. The number of aromatic nitrogens is 3. The number of pyridine rings is 1. The van der Waals surface area contributed by atoms with Crippen LogP contribution in [0.5, 0.6) is 0 Å². The number of likely N-dealkylation sites (N-methyl/N-ethyl adjacent to an activating group) is 1. The molecule has 3 atom stereocenters. The molecule has 0 aliphatic carbocycles. The van der Waals surface area contributed by atoms with E-state index in [0.717, 1.165) is 55.5 Å². The van der Waals surface area contributed by atoms with Gasteiger partial charge in [0.25, 0.3) is 0 Å². The normalized spacial score (nSPS) is 26.7. The second kappa shape index (κ2) is 10.3. The molecular weight excluding hydrogens is 544 g/mol. The van der Waals surface area contributed by atoms with Gasteiger partial charge in [-0.05, 0) is 70.6 Å². The lowest BCUT2D eigenvalue weighted by molar-refractivity contribution is -0.0893. The Morgan fingerprint density at radius 3 is 2.37 bits per heavy atom. The van der Waals surface area contributed by atoms with Gasteiger partial charge in [-0.1, -0.05) is 13.0 Å². The highest BCUT2D eigenvalue weighted by molar-refractivity contribution is 5.89. The van der Waals surface area contributed by atoms with Crippen LogP contribution < -0.4 is 20.0 Å². The van der Waals surface area contributed by atoms with Crippen LogP contribution in [0.4, 0.5) is 39.6 Å². The number of cyclic esters (lactones) is 1. The summed E-state index contributed by atoms with van der Waals surface area (Å²) in [7, 11) is 2.17. The van der Waals surface area contributed by atoms with Crippen molar-refractivity contribution in [1.82, 2.24) is 19.9 Å². The van der Waals surface area contributed by atoms with Gasteiger partial charge in [0.2, 0.25) is 5.95 Å². The first-order valence-electron chi connectivity index (χ1n) is 15.2. The van der Waals surface area contributed by atoms with Gasteiger partial charge in [-0.25, -0.2) is 14.8 Å². The lowest BCUT2D eigenvalue weighted by Crippen LogP contribution is -2.54. The van der Waals surface area contributed by atoms with Crippen LogP contribution in [0.2, 0.25) is 0 Å². The quantitative estimate of drug-likeness (QED) is 0.455. The minimum Gasteiger partial charge on any atom is -0.447 e. The number of piperazine rings is 1. The molecular formula is C32H40N8O3. The van der Waals surface area contributed by atoms with E-state index < -0.39 is 0 Å². The summed E-state index contributed by atoms with van der Waals surface area (Å²) in [6.07, 6.45) is 2.34. The molecule has 7 rings (SSSR count). The Labute approximate surface area is 252 Å². The number of fused-ring (bicyclic) bond motifs is 3. The molecule has 0 spiro atoms. The summed E-state index contributed by atoms with van der Waals surface area (Å²) >= 11 is 0. The lowest BCUT2D eigenvalue weighted by Gasteiger charge is -2.46. The van der Waals surface area contributed by atoms with Crippen molar-refractivity contribution < 1.29 is 14.3 Å². The number of ether oxygens (including phenoxy) is 2. The fraction of sp³-hybridized carbons (Fsp3) is 0.500. The monoisotopic (exact) mass is 584 g/mol. The Morgan fingerprint density at radius 2 is 1.67 bits per heavy atom. The van der Waals surface area contributed by atoms with Crippen molar-refractivity contribution in [1.29, 1.82) is 0 Å². The Morgan fingerprint density at radius 1 is 0.953 bits per heavy atom. The molecule has 0 saturated carbocycles. The van der Waals surface area contributed by atoms with Crippen molar-refractivity contribution in [3.8, 4) is 0 Å². The summed E-state index contributed by atoms with van der Waals surface area (Å²) in [6.45, 7) is 13.5. The van der Waals surface area contributed by atoms with Gasteiger partial charge >= 0.3 is 6.09 Å². The van der Waals surface area contributed by atoms with Crippen molar-refractivity contribution in [2.45, 2.75) is 57.2 Å². The lowest BCUT2D eigenvalue weighted by atomic mass is 9.73. The van der Waals surface area contributed by atoms with Gasteiger partial charge in [0.15, 0.2) is 0 Å². The van der Waals surface area contributed by atoms with E-state index in [1.807, 2.05) is 31.3 Å². The first kappa shape index (κ1) is 27.8. The molecule has 4 aliphatic rings. The van der Waals surface area contributed by atoms with Crippen LogP contribution in [0.1, 0.15) is 39.7 Å². The predicted octanol–water partition coefficient (Wildman–Crippen LogP) is 4.69. The molecule has 3 aromatic rings. The Balaban J connectivity index is 1.22. The molecule has 6 heterocycles. The zero-order valence-corrected chi connectivity index (χ0v) is 25.6. The number of rotatable bonds is 5. The number of amides is 1. The van der Waals surface area contributed by atoms with Crippen LogP contribution in [-0.2, 0) is 14.9 Å². The smallest absolute Gasteiger partial charge is 0.415 e. The molecule has 3 saturated heterocycles. The van der Waals surface area contributed by atoms with Crippen molar-refractivity contribution >= 4 is 40.9 Å². The van der Waals surface area contributed by atoms with Gasteiger partial charge in [0.05, 0.1) is 24.3 Å². The van der Waals surface area contributed by atoms with Crippen molar-refractivity contribution in [2.75, 3.05) is 66.5 Å². The molecule has 11 nitrogen and oxygen atoms in total. The Hall–Kier alpha value is -3.96. The van der Waals surface area contributed by atoms with E-state index in [0.29, 0.717) is 25.0 Å². The Kier molecular flexibility index (Phi) is 6.70. The summed E-state index contributed by atoms with van der Waals surface area (Å²) in [6, 6.07) is 14.2. The van der Waals surface area contributed by atoms with Gasteiger partial charge in [-0.15, -0.1) is 0 Å². The highest BCUT2D eigenvalue weighted by atomic mass is 16.6. The van der Waals surface area contributed by atoms with E-state index in [1.165, 1.54) is 5.69 Å². The second-order valence-corrected chi connectivity index (χ2v) is 13.1. The first-order valence-corrected chi connectivity index (χ1v) is 15.2. The summed E-state index contributed by atoms with van der Waals surface area (Å²) < 4.78 is 11.6. The maximum Gasteiger partial charge on any atom is 0.415 e. The number of nitrogens with one attached hydrogen (secondary N) is 1. The number of carbonyl (C=O) groups is 1. The molecule has 1 N–H and O–H groups in total. The van der Waals surface area contributed by atoms with Gasteiger partial charge < -0.3 is 29.5 Å². The molecule has 3 fully saturated rings. The van der Waals surface area contributed by atoms with E-state index in [1.54, 1.807) is 4.90 Å². The topological polar surface area (TPSA) is 99.2 Å². The van der Waals surface area contributed by atoms with Crippen LogP contribution in [0.25, 0.3) is 0 Å². The second-order valence-electron chi connectivity index (χ2n) is 13.1. The molecule has 0 radical (unpaired) electrons. The van der Waals surface area contributed by atoms with Crippen LogP contribution in [0, 0.1) is 0 Å². The predicted molar refractivity (Wildman–Crippen MR) is 167 cm³/mol. The number of anilines is 6. The van der Waals surface area contributed by atoms with E-state index >= 15 is 0 Å². The number of carbonyl (C=O) groups excluding carboxylic acids is 1. The van der Waals surface area contributed by atoms with E-state index in [4.69, 9.17) is 24.4 Å². The van der Waals surface area contributed by atoms with Gasteiger partial charge in [-0.2, -0.15) is 4.98 Å². The summed E-state index contributed by atoms with van der Waals surface area (Å²) in [5.74, 6) is 2.63. The maximum atomic E-state index is 12.5. The zero-order chi connectivity index (χ0) is 29.9. The minimum absolute atomic E-state index is 0.0457. The van der Waals surface area contributed by atoms with E-state index in [2.05, 4.69) is 72.1 Å². The number of benzene rings is 1. The SMILES string of the molecule is C[C@@H]1COC(=O)N1c1cccc(N2c3nc(Nc4ccc(N5CCN(C)CC5)cc4)ncc3[C@]3(C)COC(C)(C)C[C@H]23)n1. The van der Waals surface area contributed by atoms with Gasteiger partial charge in [0, 0.05) is 54.7 Å². The molecule has 0 unspecified atom stereocenters. The molecule has 1 aromatic carbocycles. The number of nitrogens with zero attached hydrogens (tertiary/aromatic N) is 7. The molecule has 0 bridgehead atoms. The summed E-state index contributed by atoms with van der Waals surface area (Å²) in [5.41, 5.74) is 2.55. The van der Waals surface area contributed by atoms with Gasteiger partial charge in [0.1, 0.15) is 24.1 Å². The van der Waals surface area contributed by atoms with Crippen LogP contribution >= 0.6 is 0 Å². The molecule has 226 valence electrons. The highest BCUT2D eigenvalue weighted by Crippen LogP contribution is 2.53. The third kappa shape index (κ3) is 4.94. The van der Waals surface area contributed by atoms with E-state index in [9.17, 15) is 4.79 Å². The summed E-state index contributed by atoms with van der Waals surface area (Å²) in [5, 5.41) is 3.42. The third-order valence-electron chi connectivity index (χ3n) is 9.40. The van der Waals surface area contributed by atoms with Crippen molar-refractivity contribution in [2.24, 2.45) is 0 Å². The van der Waals surface area contributed by atoms with Crippen molar-refractivity contribution in [3.63, 3.8) is 0 Å². The molecule has 1 amide bonds. The van der Waals surface area contributed by atoms with Crippen LogP contribution in [0.15, 0.2) is 48.7 Å². The zero-order valence-electron chi connectivity index (χ0n) is 25.6. The molecule has 43 heavy (non-hydrogen) atoms. The fourth-order valence-corrected chi connectivity index (χ4v) is 6.73. The minimum atomic E-state index is -0.372. The Bertz CT molecular complexity index is 1520. The number of hydrogen-bond donors (Lipinski definition) is 1. The average molecular weight is 585 g/mol. The van der Waals surface area contributed by atoms with Gasteiger partial charge in [-0.3, -0.25) is 4.90 Å².